The van der Waals surface area contributed by atoms with E-state index in [1.807, 2.05) is 18.2 Å². The van der Waals surface area contributed by atoms with Gasteiger partial charge in [-0.05, 0) is 42.7 Å². The lowest BCUT2D eigenvalue weighted by molar-refractivity contribution is 0.0936. The number of hydrazine groups is 1. The summed E-state index contributed by atoms with van der Waals surface area (Å²) in [6.45, 7) is 0.509. The first-order valence-electron chi connectivity index (χ1n) is 7.74. The Balaban J connectivity index is 1.46. The molecule has 0 unspecified atom stereocenters. The van der Waals surface area contributed by atoms with E-state index in [2.05, 4.69) is 28.3 Å². The molecule has 3 rings (SSSR count). The second-order valence-corrected chi connectivity index (χ2v) is 5.92. The third-order valence-corrected chi connectivity index (χ3v) is 4.22. The highest BCUT2D eigenvalue weighted by Crippen LogP contribution is 2.47. The van der Waals surface area contributed by atoms with E-state index in [0.717, 1.165) is 12.8 Å². The fourth-order valence-corrected chi connectivity index (χ4v) is 2.59. The molecule has 6 heteroatoms. The molecule has 124 valence electrons. The molecule has 3 N–H and O–H groups in total. The highest BCUT2D eigenvalue weighted by atomic mass is 19.1. The summed E-state index contributed by atoms with van der Waals surface area (Å²) in [5, 5.41) is 2.78. The predicted molar refractivity (Wildman–Crippen MR) is 87.8 cm³/mol. The minimum atomic E-state index is -0.505. The van der Waals surface area contributed by atoms with Crippen LogP contribution in [-0.2, 0) is 5.41 Å². The molecule has 24 heavy (non-hydrogen) atoms. The highest BCUT2D eigenvalue weighted by Gasteiger charge is 2.44. The summed E-state index contributed by atoms with van der Waals surface area (Å²) < 4.78 is 12.8. The molecule has 1 aliphatic rings. The number of nitrogens with one attached hydrogen (secondary N) is 3. The maximum absolute atomic E-state index is 12.8. The monoisotopic (exact) mass is 327 g/mol. The first-order valence-corrected chi connectivity index (χ1v) is 7.74. The van der Waals surface area contributed by atoms with Crippen molar-refractivity contribution >= 4 is 11.9 Å². The van der Waals surface area contributed by atoms with Crippen molar-refractivity contribution in [2.45, 2.75) is 18.3 Å². The van der Waals surface area contributed by atoms with Crippen molar-refractivity contribution in [1.29, 1.82) is 0 Å². The lowest BCUT2D eigenvalue weighted by Gasteiger charge is -2.17. The molecule has 0 aromatic heterocycles. The maximum Gasteiger partial charge on any atom is 0.333 e. The van der Waals surface area contributed by atoms with E-state index in [1.54, 1.807) is 0 Å². The summed E-state index contributed by atoms with van der Waals surface area (Å²) in [5.74, 6) is -0.928. The van der Waals surface area contributed by atoms with Gasteiger partial charge >= 0.3 is 6.03 Å². The molecule has 2 aromatic carbocycles. The van der Waals surface area contributed by atoms with Crippen LogP contribution in [0.1, 0.15) is 28.8 Å². The van der Waals surface area contributed by atoms with Gasteiger partial charge in [-0.1, -0.05) is 30.3 Å². The molecule has 0 radical (unpaired) electrons. The van der Waals surface area contributed by atoms with Gasteiger partial charge in [-0.25, -0.2) is 14.6 Å². The van der Waals surface area contributed by atoms with Crippen molar-refractivity contribution < 1.29 is 14.0 Å². The summed E-state index contributed by atoms with van der Waals surface area (Å²) in [4.78, 5) is 23.7. The van der Waals surface area contributed by atoms with E-state index < -0.39 is 17.8 Å². The van der Waals surface area contributed by atoms with Gasteiger partial charge in [-0.15, -0.1) is 0 Å². The SMILES string of the molecule is O=C(NCC1(c2ccccc2)CC1)NNC(=O)c1ccc(F)cc1. The number of benzene rings is 2. The Bertz CT molecular complexity index is 728. The fourth-order valence-electron chi connectivity index (χ4n) is 2.59. The van der Waals surface area contributed by atoms with E-state index in [0.29, 0.717) is 6.54 Å². The molecule has 0 spiro atoms. The average molecular weight is 327 g/mol. The van der Waals surface area contributed by atoms with Crippen LogP contribution >= 0.6 is 0 Å². The Hall–Kier alpha value is -2.89. The van der Waals surface area contributed by atoms with Crippen LogP contribution in [0.2, 0.25) is 0 Å². The van der Waals surface area contributed by atoms with Crippen LogP contribution in [0.5, 0.6) is 0 Å². The molecule has 0 heterocycles. The maximum atomic E-state index is 12.8. The standard InChI is InChI=1S/C18H18FN3O2/c19-15-8-6-13(7-9-15)16(23)21-22-17(24)20-12-18(10-11-18)14-4-2-1-3-5-14/h1-9H,10-12H2,(H,21,23)(H2,20,22,24). The van der Waals surface area contributed by atoms with Gasteiger partial charge in [0.05, 0.1) is 0 Å². The van der Waals surface area contributed by atoms with Crippen molar-refractivity contribution in [3.05, 3.63) is 71.5 Å². The minimum Gasteiger partial charge on any atom is -0.336 e. The molecule has 1 saturated carbocycles. The number of hydrogen-bond donors (Lipinski definition) is 3. The zero-order chi connectivity index (χ0) is 17.0. The van der Waals surface area contributed by atoms with Gasteiger partial charge in [0.25, 0.3) is 5.91 Å². The van der Waals surface area contributed by atoms with Crippen LogP contribution in [0.3, 0.4) is 0 Å². The first kappa shape index (κ1) is 16.0. The molecule has 0 atom stereocenters. The molecule has 5 nitrogen and oxygen atoms in total. The Morgan fingerprint density at radius 2 is 1.62 bits per heavy atom. The van der Waals surface area contributed by atoms with Crippen molar-refractivity contribution in [3.63, 3.8) is 0 Å². The Labute approximate surface area is 139 Å². The number of halogens is 1. The molecule has 0 aliphatic heterocycles. The lowest BCUT2D eigenvalue weighted by atomic mass is 9.96. The Morgan fingerprint density at radius 3 is 2.25 bits per heavy atom. The van der Waals surface area contributed by atoms with E-state index in [9.17, 15) is 14.0 Å². The van der Waals surface area contributed by atoms with Crippen molar-refractivity contribution in [3.8, 4) is 0 Å². The third kappa shape index (κ3) is 3.71. The average Bonchev–Trinajstić information content (AvgIpc) is 3.40. The van der Waals surface area contributed by atoms with E-state index in [4.69, 9.17) is 0 Å². The van der Waals surface area contributed by atoms with Crippen LogP contribution < -0.4 is 16.2 Å². The van der Waals surface area contributed by atoms with Gasteiger partial charge in [0.15, 0.2) is 0 Å². The number of amides is 3. The normalized spacial score (nSPS) is 14.5. The molecule has 1 fully saturated rings. The fraction of sp³-hybridized carbons (Fsp3) is 0.222. The first-order chi connectivity index (χ1) is 11.6. The summed E-state index contributed by atoms with van der Waals surface area (Å²) in [5.41, 5.74) is 6.07. The van der Waals surface area contributed by atoms with Crippen molar-refractivity contribution in [2.75, 3.05) is 6.54 Å². The molecule has 3 amide bonds. The predicted octanol–water partition coefficient (Wildman–Crippen LogP) is 2.50. The third-order valence-electron chi connectivity index (χ3n) is 4.22. The van der Waals surface area contributed by atoms with E-state index in [1.165, 1.54) is 29.8 Å². The van der Waals surface area contributed by atoms with Gasteiger partial charge in [0.1, 0.15) is 5.82 Å². The summed E-state index contributed by atoms with van der Waals surface area (Å²) >= 11 is 0. The second kappa shape index (κ2) is 6.70. The summed E-state index contributed by atoms with van der Waals surface area (Å²) in [6, 6.07) is 14.6. The molecular weight excluding hydrogens is 309 g/mol. The largest absolute Gasteiger partial charge is 0.336 e. The number of rotatable bonds is 4. The Morgan fingerprint density at radius 1 is 0.958 bits per heavy atom. The zero-order valence-electron chi connectivity index (χ0n) is 13.0. The Kier molecular flexibility index (Phi) is 4.46. The van der Waals surface area contributed by atoms with Crippen LogP contribution in [-0.4, -0.2) is 18.5 Å². The summed E-state index contributed by atoms with van der Waals surface area (Å²) in [7, 11) is 0. The summed E-state index contributed by atoms with van der Waals surface area (Å²) in [6.07, 6.45) is 2.05. The quantitative estimate of drug-likeness (QED) is 0.755. The van der Waals surface area contributed by atoms with Crippen molar-refractivity contribution in [2.24, 2.45) is 0 Å². The molecular formula is C18H18FN3O2. The zero-order valence-corrected chi connectivity index (χ0v) is 13.0. The van der Waals surface area contributed by atoms with Gasteiger partial charge < -0.3 is 5.32 Å². The van der Waals surface area contributed by atoms with E-state index in [-0.39, 0.29) is 11.0 Å². The molecule has 1 aliphatic carbocycles. The van der Waals surface area contributed by atoms with Crippen molar-refractivity contribution in [1.82, 2.24) is 16.2 Å². The van der Waals surface area contributed by atoms with Gasteiger partial charge in [0, 0.05) is 17.5 Å². The molecule has 0 saturated heterocycles. The van der Waals surface area contributed by atoms with Crippen LogP contribution in [0.25, 0.3) is 0 Å². The number of carbonyl (C=O) groups is 2. The smallest absolute Gasteiger partial charge is 0.333 e. The lowest BCUT2D eigenvalue weighted by Crippen LogP contribution is -2.48. The van der Waals surface area contributed by atoms with Crippen LogP contribution in [0.4, 0.5) is 9.18 Å². The van der Waals surface area contributed by atoms with Crippen LogP contribution in [0.15, 0.2) is 54.6 Å². The number of carbonyl (C=O) groups excluding carboxylic acids is 2. The van der Waals surface area contributed by atoms with Gasteiger partial charge in [0.2, 0.25) is 0 Å². The topological polar surface area (TPSA) is 70.2 Å². The van der Waals surface area contributed by atoms with Gasteiger partial charge in [-0.2, -0.15) is 0 Å². The minimum absolute atomic E-state index is 0.000431. The second-order valence-electron chi connectivity index (χ2n) is 5.92. The number of urea groups is 1. The molecule has 0 bridgehead atoms. The molecule has 2 aromatic rings. The number of hydrogen-bond acceptors (Lipinski definition) is 2. The highest BCUT2D eigenvalue weighted by molar-refractivity contribution is 5.95. The van der Waals surface area contributed by atoms with E-state index >= 15 is 0 Å². The van der Waals surface area contributed by atoms with Crippen LogP contribution in [0, 0.1) is 5.82 Å². The van der Waals surface area contributed by atoms with Gasteiger partial charge in [-0.3, -0.25) is 10.2 Å².